The van der Waals surface area contributed by atoms with Crippen LogP contribution in [0.1, 0.15) is 62.3 Å². The van der Waals surface area contributed by atoms with Crippen molar-refractivity contribution in [2.75, 3.05) is 7.11 Å². The van der Waals surface area contributed by atoms with E-state index in [0.717, 1.165) is 0 Å². The average molecular weight is 417 g/mol. The van der Waals surface area contributed by atoms with Crippen LogP contribution in [0.4, 0.5) is 4.79 Å². The quantitative estimate of drug-likeness (QED) is 0.459. The van der Waals surface area contributed by atoms with E-state index in [2.05, 4.69) is 10.6 Å². The zero-order valence-corrected chi connectivity index (χ0v) is 19.2. The van der Waals surface area contributed by atoms with Gasteiger partial charge in [0, 0.05) is 5.92 Å². The number of nitrogens with one attached hydrogen (secondary N) is 2. The Hall–Kier alpha value is -2.32. The molecule has 0 aliphatic rings. The first kappa shape index (κ1) is 26.7. The van der Waals surface area contributed by atoms with E-state index < -0.39 is 53.1 Å². The van der Waals surface area contributed by atoms with Crippen molar-refractivity contribution >= 4 is 23.9 Å². The topological polar surface area (TPSA) is 120 Å². The SMILES string of the molecule is COC(=O)[C@@H](NC(=O)[C@@](C)(OC(=O)[C@H](C)NC(=O)OC(C)(C)C)C(C)C)C(C)C. The van der Waals surface area contributed by atoms with Crippen LogP contribution in [0.5, 0.6) is 0 Å². The lowest BCUT2D eigenvalue weighted by Crippen LogP contribution is -2.58. The Morgan fingerprint density at radius 3 is 1.69 bits per heavy atom. The van der Waals surface area contributed by atoms with Gasteiger partial charge in [-0.05, 0) is 40.5 Å². The first-order valence-electron chi connectivity index (χ1n) is 9.66. The normalized spacial score (nSPS) is 15.7. The van der Waals surface area contributed by atoms with Gasteiger partial charge in [0.25, 0.3) is 5.91 Å². The highest BCUT2D eigenvalue weighted by molar-refractivity contribution is 5.92. The molecule has 0 saturated carbocycles. The van der Waals surface area contributed by atoms with Crippen LogP contribution in [0.15, 0.2) is 0 Å². The third-order valence-corrected chi connectivity index (χ3v) is 4.36. The summed E-state index contributed by atoms with van der Waals surface area (Å²) in [6.45, 7) is 14.9. The van der Waals surface area contributed by atoms with Crippen molar-refractivity contribution in [3.8, 4) is 0 Å². The number of amides is 2. The Labute approximate surface area is 173 Å². The molecule has 29 heavy (non-hydrogen) atoms. The highest BCUT2D eigenvalue weighted by Crippen LogP contribution is 2.24. The van der Waals surface area contributed by atoms with E-state index in [1.54, 1.807) is 48.5 Å². The van der Waals surface area contributed by atoms with Crippen molar-refractivity contribution in [2.24, 2.45) is 11.8 Å². The lowest BCUT2D eigenvalue weighted by molar-refractivity contribution is -0.174. The Morgan fingerprint density at radius 1 is 0.793 bits per heavy atom. The van der Waals surface area contributed by atoms with Crippen LogP contribution in [-0.2, 0) is 28.6 Å². The molecule has 0 aromatic rings. The van der Waals surface area contributed by atoms with Gasteiger partial charge in [-0.3, -0.25) is 4.79 Å². The van der Waals surface area contributed by atoms with Crippen LogP contribution in [0, 0.1) is 11.8 Å². The maximum absolute atomic E-state index is 12.9. The summed E-state index contributed by atoms with van der Waals surface area (Å²) < 4.78 is 15.3. The number of hydrogen-bond donors (Lipinski definition) is 2. The smallest absolute Gasteiger partial charge is 0.408 e. The van der Waals surface area contributed by atoms with E-state index >= 15 is 0 Å². The van der Waals surface area contributed by atoms with Crippen molar-refractivity contribution in [3.05, 3.63) is 0 Å². The van der Waals surface area contributed by atoms with Gasteiger partial charge in [-0.1, -0.05) is 27.7 Å². The van der Waals surface area contributed by atoms with Gasteiger partial charge < -0.3 is 24.8 Å². The average Bonchev–Trinajstić information content (AvgIpc) is 2.55. The second kappa shape index (κ2) is 10.5. The van der Waals surface area contributed by atoms with Gasteiger partial charge in [-0.2, -0.15) is 0 Å². The van der Waals surface area contributed by atoms with Crippen molar-refractivity contribution in [1.29, 1.82) is 0 Å². The van der Waals surface area contributed by atoms with Crippen molar-refractivity contribution in [1.82, 2.24) is 10.6 Å². The third-order valence-electron chi connectivity index (χ3n) is 4.36. The summed E-state index contributed by atoms with van der Waals surface area (Å²) in [6.07, 6.45) is -0.775. The lowest BCUT2D eigenvalue weighted by Gasteiger charge is -2.34. The molecule has 3 atom stereocenters. The zero-order valence-electron chi connectivity index (χ0n) is 19.2. The highest BCUT2D eigenvalue weighted by atomic mass is 16.6. The molecule has 2 amide bonds. The fraction of sp³-hybridized carbons (Fsp3) is 0.800. The molecule has 0 saturated heterocycles. The molecule has 9 nitrogen and oxygen atoms in total. The summed E-state index contributed by atoms with van der Waals surface area (Å²) in [7, 11) is 1.23. The van der Waals surface area contributed by atoms with E-state index in [4.69, 9.17) is 14.2 Å². The largest absolute Gasteiger partial charge is 0.467 e. The maximum Gasteiger partial charge on any atom is 0.408 e. The van der Waals surface area contributed by atoms with Gasteiger partial charge in [0.15, 0.2) is 5.60 Å². The fourth-order valence-corrected chi connectivity index (χ4v) is 2.18. The highest BCUT2D eigenvalue weighted by Gasteiger charge is 2.43. The number of carbonyl (C=O) groups excluding carboxylic acids is 4. The van der Waals surface area contributed by atoms with Gasteiger partial charge >= 0.3 is 18.0 Å². The van der Waals surface area contributed by atoms with E-state index in [1.807, 2.05) is 0 Å². The molecule has 0 aliphatic carbocycles. The third kappa shape index (κ3) is 8.29. The van der Waals surface area contributed by atoms with Crippen molar-refractivity contribution in [2.45, 2.75) is 85.6 Å². The molecule has 0 unspecified atom stereocenters. The van der Waals surface area contributed by atoms with E-state index in [-0.39, 0.29) is 5.92 Å². The van der Waals surface area contributed by atoms with Crippen molar-refractivity contribution < 1.29 is 33.4 Å². The number of carbonyl (C=O) groups is 4. The molecule has 0 fully saturated rings. The molecule has 0 radical (unpaired) electrons. The fourth-order valence-electron chi connectivity index (χ4n) is 2.18. The van der Waals surface area contributed by atoms with Crippen molar-refractivity contribution in [3.63, 3.8) is 0 Å². The Balaban J connectivity index is 5.32. The lowest BCUT2D eigenvalue weighted by atomic mass is 9.90. The summed E-state index contributed by atoms with van der Waals surface area (Å²) in [5, 5.41) is 4.98. The van der Waals surface area contributed by atoms with E-state index in [9.17, 15) is 19.2 Å². The summed E-state index contributed by atoms with van der Waals surface area (Å²) >= 11 is 0. The second-order valence-corrected chi connectivity index (χ2v) is 8.77. The van der Waals surface area contributed by atoms with E-state index in [1.165, 1.54) is 21.0 Å². The van der Waals surface area contributed by atoms with Crippen LogP contribution >= 0.6 is 0 Å². The van der Waals surface area contributed by atoms with Crippen LogP contribution in [-0.4, -0.2) is 54.3 Å². The summed E-state index contributed by atoms with van der Waals surface area (Å²) in [5.74, 6) is -2.67. The monoisotopic (exact) mass is 416 g/mol. The number of hydrogen-bond acceptors (Lipinski definition) is 7. The summed E-state index contributed by atoms with van der Waals surface area (Å²) in [6, 6.07) is -1.93. The molecule has 0 heterocycles. The molecule has 2 N–H and O–H groups in total. The van der Waals surface area contributed by atoms with Gasteiger partial charge in [-0.25, -0.2) is 14.4 Å². The number of alkyl carbamates (subject to hydrolysis) is 1. The molecular weight excluding hydrogens is 380 g/mol. The van der Waals surface area contributed by atoms with Crippen LogP contribution in [0.2, 0.25) is 0 Å². The van der Waals surface area contributed by atoms with Crippen LogP contribution < -0.4 is 10.6 Å². The Bertz CT molecular complexity index is 610. The Morgan fingerprint density at radius 2 is 1.31 bits per heavy atom. The zero-order chi connectivity index (χ0) is 23.2. The predicted molar refractivity (Wildman–Crippen MR) is 107 cm³/mol. The van der Waals surface area contributed by atoms with Gasteiger partial charge in [0.1, 0.15) is 17.7 Å². The molecule has 0 aliphatic heterocycles. The predicted octanol–water partition coefficient (Wildman–Crippen LogP) is 2.17. The minimum absolute atomic E-state index is 0.230. The second-order valence-electron chi connectivity index (χ2n) is 8.77. The first-order chi connectivity index (χ1) is 13.0. The number of ether oxygens (including phenoxy) is 3. The number of esters is 2. The molecule has 0 spiro atoms. The summed E-state index contributed by atoms with van der Waals surface area (Å²) in [5.41, 5.74) is -2.29. The van der Waals surface area contributed by atoms with E-state index in [0.29, 0.717) is 0 Å². The minimum Gasteiger partial charge on any atom is -0.467 e. The van der Waals surface area contributed by atoms with Gasteiger partial charge in [0.2, 0.25) is 0 Å². The minimum atomic E-state index is -1.57. The molecule has 0 bridgehead atoms. The van der Waals surface area contributed by atoms with Crippen LogP contribution in [0.25, 0.3) is 0 Å². The molecule has 0 rings (SSSR count). The first-order valence-corrected chi connectivity index (χ1v) is 9.66. The molecule has 9 heteroatoms. The van der Waals surface area contributed by atoms with Gasteiger partial charge in [-0.15, -0.1) is 0 Å². The molecule has 168 valence electrons. The standard InChI is InChI=1S/C20H36N2O7/c1-11(2)14(16(24)27-10)22-17(25)20(9,12(3)4)28-15(23)13(5)21-18(26)29-19(6,7)8/h11-14H,1-10H3,(H,21,26)(H,22,25)/t13-,14-,20-/m0/s1. The molecule has 0 aromatic heterocycles. The molecule has 0 aromatic carbocycles. The number of methoxy groups -OCH3 is 1. The summed E-state index contributed by atoms with van der Waals surface area (Å²) in [4.78, 5) is 49.2. The molecular formula is C20H36N2O7. The number of rotatable bonds is 8. The maximum atomic E-state index is 12.9. The van der Waals surface area contributed by atoms with Gasteiger partial charge in [0.05, 0.1) is 7.11 Å². The van der Waals surface area contributed by atoms with Crippen LogP contribution in [0.3, 0.4) is 0 Å². The Kier molecular flexibility index (Phi) is 9.62.